The molecular weight excluding hydrogens is 244 g/mol. The van der Waals surface area contributed by atoms with Crippen molar-refractivity contribution < 1.29 is 10.0 Å². The SMILES string of the molecule is NC(=S)N/N=C(\CO)c1ccc([N+](=O)[O-])cc1. The number of benzene rings is 1. The Morgan fingerprint density at radius 1 is 1.53 bits per heavy atom. The van der Waals surface area contributed by atoms with Crippen LogP contribution in [0.5, 0.6) is 0 Å². The summed E-state index contributed by atoms with van der Waals surface area (Å²) in [5.74, 6) is 0. The maximum atomic E-state index is 10.4. The lowest BCUT2D eigenvalue weighted by atomic mass is 10.1. The van der Waals surface area contributed by atoms with Crippen molar-refractivity contribution in [3.63, 3.8) is 0 Å². The van der Waals surface area contributed by atoms with E-state index in [0.29, 0.717) is 5.56 Å². The van der Waals surface area contributed by atoms with E-state index in [1.165, 1.54) is 24.3 Å². The minimum Gasteiger partial charge on any atom is -0.390 e. The third kappa shape index (κ3) is 3.78. The lowest BCUT2D eigenvalue weighted by molar-refractivity contribution is -0.384. The zero-order chi connectivity index (χ0) is 12.8. The quantitative estimate of drug-likeness (QED) is 0.304. The zero-order valence-corrected chi connectivity index (χ0v) is 9.48. The average Bonchev–Trinajstić information content (AvgIpc) is 2.30. The van der Waals surface area contributed by atoms with Gasteiger partial charge in [-0.25, -0.2) is 0 Å². The highest BCUT2D eigenvalue weighted by Crippen LogP contribution is 2.12. The highest BCUT2D eigenvalue weighted by Gasteiger charge is 2.07. The molecule has 1 aromatic rings. The molecule has 0 amide bonds. The summed E-state index contributed by atoms with van der Waals surface area (Å²) < 4.78 is 0. The maximum absolute atomic E-state index is 10.4. The van der Waals surface area contributed by atoms with E-state index < -0.39 is 4.92 Å². The minimum atomic E-state index is -0.507. The van der Waals surface area contributed by atoms with Crippen molar-refractivity contribution in [2.24, 2.45) is 10.8 Å². The molecule has 8 heteroatoms. The number of hydrogen-bond donors (Lipinski definition) is 3. The molecule has 0 saturated heterocycles. The summed E-state index contributed by atoms with van der Waals surface area (Å²) in [5, 5.41) is 23.3. The number of nitrogens with zero attached hydrogens (tertiary/aromatic N) is 2. The van der Waals surface area contributed by atoms with E-state index in [2.05, 4.69) is 22.7 Å². The first-order valence-corrected chi connectivity index (χ1v) is 4.93. The Hall–Kier alpha value is -2.06. The first-order valence-electron chi connectivity index (χ1n) is 4.52. The van der Waals surface area contributed by atoms with Gasteiger partial charge in [0, 0.05) is 17.7 Å². The van der Waals surface area contributed by atoms with Crippen molar-refractivity contribution in [2.75, 3.05) is 6.61 Å². The highest BCUT2D eigenvalue weighted by atomic mass is 32.1. The fourth-order valence-corrected chi connectivity index (χ4v) is 1.13. The minimum absolute atomic E-state index is 0.0298. The molecular formula is C9H10N4O3S. The highest BCUT2D eigenvalue weighted by molar-refractivity contribution is 7.80. The van der Waals surface area contributed by atoms with Gasteiger partial charge in [0.15, 0.2) is 5.11 Å². The molecule has 0 spiro atoms. The second kappa shape index (κ2) is 5.87. The van der Waals surface area contributed by atoms with Gasteiger partial charge in [-0.2, -0.15) is 5.10 Å². The smallest absolute Gasteiger partial charge is 0.269 e. The molecule has 0 radical (unpaired) electrons. The molecule has 0 heterocycles. The first-order chi connectivity index (χ1) is 8.04. The number of nitro groups is 1. The third-order valence-electron chi connectivity index (χ3n) is 1.86. The monoisotopic (exact) mass is 254 g/mol. The number of nitrogens with one attached hydrogen (secondary N) is 1. The standard InChI is InChI=1S/C9H10N4O3S/c10-9(17)12-11-8(5-14)6-1-3-7(4-2-6)13(15)16/h1-4,14H,5H2,(H3,10,12,17)/b11-8+. The second-order valence-electron chi connectivity index (χ2n) is 3.00. The van der Waals surface area contributed by atoms with Crippen LogP contribution < -0.4 is 11.2 Å². The van der Waals surface area contributed by atoms with Crippen LogP contribution in [0, 0.1) is 10.1 Å². The zero-order valence-electron chi connectivity index (χ0n) is 8.66. The van der Waals surface area contributed by atoms with Crippen LogP contribution in [0.4, 0.5) is 5.69 Å². The number of non-ortho nitro benzene ring substituents is 1. The molecule has 0 saturated carbocycles. The van der Waals surface area contributed by atoms with Gasteiger partial charge in [0.2, 0.25) is 0 Å². The van der Waals surface area contributed by atoms with Crippen LogP contribution in [0.2, 0.25) is 0 Å². The molecule has 1 rings (SSSR count). The lowest BCUT2D eigenvalue weighted by Gasteiger charge is -2.03. The van der Waals surface area contributed by atoms with Crippen LogP contribution in [0.25, 0.3) is 0 Å². The Morgan fingerprint density at radius 3 is 2.53 bits per heavy atom. The number of nitrogens with two attached hydrogens (primary N) is 1. The summed E-state index contributed by atoms with van der Waals surface area (Å²) >= 11 is 4.56. The van der Waals surface area contributed by atoms with Crippen molar-refractivity contribution in [1.29, 1.82) is 0 Å². The Kier molecular flexibility index (Phi) is 4.49. The number of aliphatic hydroxyl groups excluding tert-OH is 1. The summed E-state index contributed by atoms with van der Waals surface area (Å²) in [7, 11) is 0. The Labute approximate surface area is 102 Å². The molecule has 90 valence electrons. The largest absolute Gasteiger partial charge is 0.390 e. The Balaban J connectivity index is 2.93. The summed E-state index contributed by atoms with van der Waals surface area (Å²) in [4.78, 5) is 9.94. The van der Waals surface area contributed by atoms with E-state index in [9.17, 15) is 10.1 Å². The van der Waals surface area contributed by atoms with Crippen molar-refractivity contribution in [1.82, 2.24) is 5.43 Å². The van der Waals surface area contributed by atoms with Crippen molar-refractivity contribution in [3.05, 3.63) is 39.9 Å². The molecule has 1 aromatic carbocycles. The van der Waals surface area contributed by atoms with Gasteiger partial charge < -0.3 is 10.8 Å². The summed E-state index contributed by atoms with van der Waals surface area (Å²) in [6.07, 6.45) is 0. The topological polar surface area (TPSA) is 114 Å². The normalized spacial score (nSPS) is 11.0. The predicted molar refractivity (Wildman–Crippen MR) is 66.6 cm³/mol. The molecule has 0 fully saturated rings. The van der Waals surface area contributed by atoms with E-state index in [4.69, 9.17) is 10.8 Å². The van der Waals surface area contributed by atoms with Crippen molar-refractivity contribution in [3.8, 4) is 0 Å². The van der Waals surface area contributed by atoms with Crippen LogP contribution in [0.3, 0.4) is 0 Å². The summed E-state index contributed by atoms with van der Waals surface area (Å²) in [5.41, 5.74) is 8.31. The number of rotatable bonds is 4. The molecule has 0 atom stereocenters. The number of hydrogen-bond acceptors (Lipinski definition) is 5. The van der Waals surface area contributed by atoms with Gasteiger partial charge >= 0.3 is 0 Å². The van der Waals surface area contributed by atoms with E-state index >= 15 is 0 Å². The number of aliphatic hydroxyl groups is 1. The van der Waals surface area contributed by atoms with Crippen molar-refractivity contribution >= 4 is 28.7 Å². The fourth-order valence-electron chi connectivity index (χ4n) is 1.09. The van der Waals surface area contributed by atoms with E-state index in [1.807, 2.05) is 0 Å². The predicted octanol–water partition coefficient (Wildman–Crippen LogP) is 0.124. The van der Waals surface area contributed by atoms with Gasteiger partial charge in [-0.15, -0.1) is 0 Å². The van der Waals surface area contributed by atoms with Gasteiger partial charge in [-0.05, 0) is 24.4 Å². The van der Waals surface area contributed by atoms with E-state index in [0.717, 1.165) is 0 Å². The van der Waals surface area contributed by atoms with Crippen LogP contribution in [-0.2, 0) is 0 Å². The molecule has 17 heavy (non-hydrogen) atoms. The van der Waals surface area contributed by atoms with Gasteiger partial charge in [0.25, 0.3) is 5.69 Å². The average molecular weight is 254 g/mol. The Morgan fingerprint density at radius 2 is 2.12 bits per heavy atom. The third-order valence-corrected chi connectivity index (χ3v) is 1.95. The molecule has 0 aliphatic carbocycles. The molecule has 0 aliphatic rings. The number of thiocarbonyl (C=S) groups is 1. The van der Waals surface area contributed by atoms with E-state index in [1.54, 1.807) is 0 Å². The first kappa shape index (κ1) is 13.0. The van der Waals surface area contributed by atoms with Crippen LogP contribution >= 0.6 is 12.2 Å². The van der Waals surface area contributed by atoms with Gasteiger partial charge in [0.1, 0.15) is 0 Å². The number of hydrazone groups is 1. The second-order valence-corrected chi connectivity index (χ2v) is 3.44. The lowest BCUT2D eigenvalue weighted by Crippen LogP contribution is -2.26. The molecule has 0 aliphatic heterocycles. The van der Waals surface area contributed by atoms with Gasteiger partial charge in [0.05, 0.1) is 17.2 Å². The van der Waals surface area contributed by atoms with Crippen molar-refractivity contribution in [2.45, 2.75) is 0 Å². The Bertz CT molecular complexity index is 458. The van der Waals surface area contributed by atoms with Gasteiger partial charge in [-0.1, -0.05) is 0 Å². The fraction of sp³-hybridized carbons (Fsp3) is 0.111. The van der Waals surface area contributed by atoms with Crippen LogP contribution in [0.1, 0.15) is 5.56 Å². The molecule has 0 bridgehead atoms. The summed E-state index contributed by atoms with van der Waals surface area (Å²) in [6, 6.07) is 5.60. The van der Waals surface area contributed by atoms with Crippen LogP contribution in [0.15, 0.2) is 29.4 Å². The summed E-state index contributed by atoms with van der Waals surface area (Å²) in [6.45, 7) is -0.340. The molecule has 7 nitrogen and oxygen atoms in total. The molecule has 4 N–H and O–H groups in total. The van der Waals surface area contributed by atoms with Gasteiger partial charge in [-0.3, -0.25) is 15.5 Å². The number of nitro benzene ring substituents is 1. The molecule has 0 unspecified atom stereocenters. The maximum Gasteiger partial charge on any atom is 0.269 e. The van der Waals surface area contributed by atoms with Crippen LogP contribution in [-0.4, -0.2) is 27.5 Å². The molecule has 0 aromatic heterocycles. The van der Waals surface area contributed by atoms with E-state index in [-0.39, 0.29) is 23.1 Å².